The van der Waals surface area contributed by atoms with Gasteiger partial charge >= 0.3 is 0 Å². The van der Waals surface area contributed by atoms with E-state index in [-0.39, 0.29) is 10.9 Å². The summed E-state index contributed by atoms with van der Waals surface area (Å²) in [6.45, 7) is 3.85. The summed E-state index contributed by atoms with van der Waals surface area (Å²) in [5.41, 5.74) is 0. The number of thiol groups is 1. The summed E-state index contributed by atoms with van der Waals surface area (Å²) in [6, 6.07) is 0. The first-order valence-electron chi connectivity index (χ1n) is 5.33. The fraction of sp³-hybridized carbons (Fsp3) is 0.583. The van der Waals surface area contributed by atoms with E-state index in [0.717, 1.165) is 6.42 Å². The average Bonchev–Trinajstić information content (AvgIpc) is 2.63. The van der Waals surface area contributed by atoms with Crippen LogP contribution in [0.2, 0.25) is 0 Å². The maximum Gasteiger partial charge on any atom is -0.0185 e. The van der Waals surface area contributed by atoms with Gasteiger partial charge < -0.3 is 0 Å². The molecule has 0 aromatic rings. The molecule has 1 radical (unpaired) electrons. The Morgan fingerprint density at radius 1 is 0.846 bits per heavy atom. The predicted molar refractivity (Wildman–Crippen MR) is 65.2 cm³/mol. The fourth-order valence-electron chi connectivity index (χ4n) is 1.52. The summed E-state index contributed by atoms with van der Waals surface area (Å²) in [7, 11) is 0.157. The maximum atomic E-state index is 3.85. The van der Waals surface area contributed by atoms with Crippen LogP contribution in [0.5, 0.6) is 0 Å². The van der Waals surface area contributed by atoms with Gasteiger partial charge in [0, 0.05) is 0 Å². The summed E-state index contributed by atoms with van der Waals surface area (Å²) >= 11 is 0. The van der Waals surface area contributed by atoms with E-state index in [9.17, 15) is 0 Å². The van der Waals surface area contributed by atoms with Crippen molar-refractivity contribution >= 4 is 10.9 Å². The molecule has 0 unspecified atom stereocenters. The van der Waals surface area contributed by atoms with Crippen LogP contribution in [0.1, 0.15) is 38.5 Å². The van der Waals surface area contributed by atoms with Crippen LogP contribution in [0.4, 0.5) is 0 Å². The van der Waals surface area contributed by atoms with Crippen molar-refractivity contribution in [2.24, 2.45) is 0 Å². The molecule has 0 saturated heterocycles. The highest BCUT2D eigenvalue weighted by Crippen LogP contribution is 2.33. The molecule has 1 aliphatic rings. The Kier molecular flexibility index (Phi) is 6.09. The molecule has 0 aromatic carbocycles. The van der Waals surface area contributed by atoms with Gasteiger partial charge in [-0.2, -0.15) is 0 Å². The normalized spacial score (nSPS) is 17.2. The third kappa shape index (κ3) is 5.20. The maximum absolute atomic E-state index is 3.85. The molecular weight excluding hydrogens is 176 g/mol. The first-order valence-corrected chi connectivity index (χ1v) is 7.00. The van der Waals surface area contributed by atoms with Crippen molar-refractivity contribution in [2.75, 3.05) is 5.75 Å². The monoisotopic (exact) mass is 197 g/mol. The Labute approximate surface area is 85.5 Å². The third-order valence-electron chi connectivity index (χ3n) is 2.33. The molecule has 13 heavy (non-hydrogen) atoms. The molecule has 0 atom stereocenters. The van der Waals surface area contributed by atoms with Gasteiger partial charge in [-0.1, -0.05) is 51.2 Å². The lowest BCUT2D eigenvalue weighted by Crippen LogP contribution is -1.84. The smallest absolute Gasteiger partial charge is 0.0185 e. The lowest BCUT2D eigenvalue weighted by Gasteiger charge is -2.08. The van der Waals surface area contributed by atoms with Gasteiger partial charge in [0.05, 0.1) is 0 Å². The van der Waals surface area contributed by atoms with Gasteiger partial charge in [0.2, 0.25) is 0 Å². The molecule has 0 spiro atoms. The predicted octanol–water partition coefficient (Wildman–Crippen LogP) is 4.20. The van der Waals surface area contributed by atoms with E-state index in [4.69, 9.17) is 0 Å². The van der Waals surface area contributed by atoms with E-state index in [1.165, 1.54) is 37.9 Å². The minimum absolute atomic E-state index is 0.157. The molecule has 0 saturated carbocycles. The van der Waals surface area contributed by atoms with E-state index in [1.807, 2.05) is 0 Å². The third-order valence-corrected chi connectivity index (χ3v) is 4.28. The zero-order valence-corrected chi connectivity index (χ0v) is 9.31. The Morgan fingerprint density at radius 3 is 2.15 bits per heavy atom. The van der Waals surface area contributed by atoms with Crippen molar-refractivity contribution in [2.45, 2.75) is 38.5 Å². The molecule has 0 bridgehead atoms. The van der Waals surface area contributed by atoms with Gasteiger partial charge in [0.25, 0.3) is 0 Å². The van der Waals surface area contributed by atoms with Crippen molar-refractivity contribution < 1.29 is 0 Å². The fourth-order valence-corrected chi connectivity index (χ4v) is 3.15. The van der Waals surface area contributed by atoms with Gasteiger partial charge in [0.15, 0.2) is 0 Å². The zero-order valence-electron chi connectivity index (χ0n) is 8.41. The summed E-state index contributed by atoms with van der Waals surface area (Å²) in [5, 5.41) is 4.73. The van der Waals surface area contributed by atoms with Crippen LogP contribution in [0.25, 0.3) is 0 Å². The summed E-state index contributed by atoms with van der Waals surface area (Å²) in [5.74, 6) is 1.41. The second kappa shape index (κ2) is 7.25. The second-order valence-electron chi connectivity index (χ2n) is 3.54. The standard InChI is InChI=1S/C12H21S/c1-2-3-4-5-6-7-10-13-11-8-9-12-13/h8-9,11-13H,1-7,10H2. The van der Waals surface area contributed by atoms with Crippen LogP contribution in [-0.2, 0) is 0 Å². The SMILES string of the molecule is [CH2]CCCCCCC[SH]1C=CC=C1. The molecule has 1 heterocycles. The summed E-state index contributed by atoms with van der Waals surface area (Å²) < 4.78 is 0. The number of allylic oxidation sites excluding steroid dienone is 2. The molecule has 0 N–H and O–H groups in total. The molecule has 0 amide bonds. The Morgan fingerprint density at radius 2 is 1.46 bits per heavy atom. The van der Waals surface area contributed by atoms with E-state index in [2.05, 4.69) is 29.9 Å². The Bertz CT molecular complexity index is 158. The van der Waals surface area contributed by atoms with Crippen LogP contribution in [0.3, 0.4) is 0 Å². The van der Waals surface area contributed by atoms with Gasteiger partial charge in [-0.25, -0.2) is 10.9 Å². The Balaban J connectivity index is 1.84. The number of hydrogen-bond acceptors (Lipinski definition) is 0. The first-order chi connectivity index (χ1) is 6.43. The van der Waals surface area contributed by atoms with Crippen LogP contribution in [-0.4, -0.2) is 5.75 Å². The van der Waals surface area contributed by atoms with Crippen LogP contribution in [0.15, 0.2) is 23.0 Å². The summed E-state index contributed by atoms with van der Waals surface area (Å²) in [4.78, 5) is 0. The molecule has 1 aliphatic heterocycles. The average molecular weight is 197 g/mol. The molecule has 1 rings (SSSR count). The first kappa shape index (κ1) is 10.9. The van der Waals surface area contributed by atoms with Crippen LogP contribution < -0.4 is 0 Å². The Hall–Kier alpha value is -0.170. The van der Waals surface area contributed by atoms with Crippen LogP contribution in [0, 0.1) is 6.92 Å². The van der Waals surface area contributed by atoms with Crippen molar-refractivity contribution in [3.8, 4) is 0 Å². The minimum Gasteiger partial charge on any atom is -0.213 e. The molecule has 0 aliphatic carbocycles. The van der Waals surface area contributed by atoms with Crippen molar-refractivity contribution in [1.82, 2.24) is 0 Å². The molecule has 0 fully saturated rings. The van der Waals surface area contributed by atoms with Crippen molar-refractivity contribution in [3.63, 3.8) is 0 Å². The van der Waals surface area contributed by atoms with Crippen LogP contribution >= 0.6 is 10.9 Å². The lowest BCUT2D eigenvalue weighted by molar-refractivity contribution is 0.639. The highest BCUT2D eigenvalue weighted by atomic mass is 32.2. The van der Waals surface area contributed by atoms with E-state index in [1.54, 1.807) is 0 Å². The lowest BCUT2D eigenvalue weighted by atomic mass is 10.1. The topological polar surface area (TPSA) is 0 Å². The van der Waals surface area contributed by atoms with Gasteiger partial charge in [-0.15, -0.1) is 0 Å². The summed E-state index contributed by atoms with van der Waals surface area (Å²) in [6.07, 6.45) is 12.4. The number of unbranched alkanes of at least 4 members (excludes halogenated alkanes) is 5. The van der Waals surface area contributed by atoms with Crippen molar-refractivity contribution in [3.05, 3.63) is 29.9 Å². The highest BCUT2D eigenvalue weighted by molar-refractivity contribution is 8.22. The number of hydrogen-bond donors (Lipinski definition) is 1. The molecule has 0 aromatic heterocycles. The second-order valence-corrected chi connectivity index (χ2v) is 5.61. The van der Waals surface area contributed by atoms with Crippen molar-refractivity contribution in [1.29, 1.82) is 0 Å². The molecule has 75 valence electrons. The molecule has 0 nitrogen and oxygen atoms in total. The van der Waals surface area contributed by atoms with E-state index < -0.39 is 0 Å². The van der Waals surface area contributed by atoms with Gasteiger partial charge in [0.1, 0.15) is 0 Å². The highest BCUT2D eigenvalue weighted by Gasteiger charge is 1.98. The molecular formula is C12H21S. The van der Waals surface area contributed by atoms with Gasteiger partial charge in [-0.05, 0) is 23.0 Å². The minimum atomic E-state index is 0.157. The van der Waals surface area contributed by atoms with E-state index in [0.29, 0.717) is 0 Å². The van der Waals surface area contributed by atoms with E-state index >= 15 is 0 Å². The largest absolute Gasteiger partial charge is 0.213 e. The van der Waals surface area contributed by atoms with Gasteiger partial charge in [-0.3, -0.25) is 0 Å². The quantitative estimate of drug-likeness (QED) is 0.459. The zero-order chi connectivity index (χ0) is 9.36. The number of rotatable bonds is 7. The molecule has 1 heteroatoms.